The summed E-state index contributed by atoms with van der Waals surface area (Å²) >= 11 is 0. The molecule has 178 valence electrons. The van der Waals surface area contributed by atoms with E-state index >= 15 is 0 Å². The van der Waals surface area contributed by atoms with E-state index in [9.17, 15) is 13.2 Å². The average molecular weight is 444 g/mol. The normalized spacial score (nSPS) is 10.6. The van der Waals surface area contributed by atoms with Crippen LogP contribution in [0.4, 0.5) is 0 Å². The molecule has 0 amide bonds. The van der Waals surface area contributed by atoms with Crippen molar-refractivity contribution in [1.29, 1.82) is 0 Å². The molecule has 0 spiro atoms. The first-order chi connectivity index (χ1) is 13.4. The minimum absolute atomic E-state index is 0. The van der Waals surface area contributed by atoms with Crippen LogP contribution < -0.4 is 6.15 Å². The van der Waals surface area contributed by atoms with Gasteiger partial charge >= 0.3 is 16.4 Å². The second-order valence-electron chi connectivity index (χ2n) is 6.90. The van der Waals surface area contributed by atoms with Crippen LogP contribution in [0.3, 0.4) is 0 Å². The second-order valence-corrected chi connectivity index (χ2v) is 8.39. The van der Waals surface area contributed by atoms with Crippen LogP contribution in [-0.2, 0) is 28.4 Å². The van der Waals surface area contributed by atoms with Crippen molar-refractivity contribution in [3.63, 3.8) is 0 Å². The molecule has 0 unspecified atom stereocenters. The standard InChI is InChI=1S/C18H36O3.C2H6O4S.H3N/c1-2-3-4-5-6-7-8-9-10-11-12-13-14-15-16-17-18(19)21-20;1-5-7(3,4)6-2;/h20H,2-17H2,1H3;1-2H3;1H3. The first-order valence-electron chi connectivity index (χ1n) is 10.6. The number of carbonyl (C=O) groups is 1. The third kappa shape index (κ3) is 29.6. The number of rotatable bonds is 18. The van der Waals surface area contributed by atoms with Gasteiger partial charge in [0.05, 0.1) is 14.2 Å². The molecule has 0 aromatic heterocycles. The van der Waals surface area contributed by atoms with Gasteiger partial charge in [-0.25, -0.2) is 4.79 Å². The van der Waals surface area contributed by atoms with Crippen molar-refractivity contribution >= 4 is 16.4 Å². The largest absolute Gasteiger partial charge is 0.399 e. The molecule has 0 radical (unpaired) electrons. The fourth-order valence-corrected chi connectivity index (χ4v) is 2.89. The van der Waals surface area contributed by atoms with Gasteiger partial charge in [-0.2, -0.15) is 13.7 Å². The van der Waals surface area contributed by atoms with Crippen molar-refractivity contribution < 1.29 is 31.7 Å². The van der Waals surface area contributed by atoms with E-state index in [1.54, 1.807) is 0 Å². The summed E-state index contributed by atoms with van der Waals surface area (Å²) in [5.41, 5.74) is 0. The molecule has 0 heterocycles. The van der Waals surface area contributed by atoms with Crippen LogP contribution in [0.2, 0.25) is 0 Å². The molecule has 4 N–H and O–H groups in total. The molecule has 0 saturated carbocycles. The van der Waals surface area contributed by atoms with Crippen LogP contribution in [0.15, 0.2) is 0 Å². The van der Waals surface area contributed by atoms with Gasteiger partial charge in [-0.1, -0.05) is 96.8 Å². The molecule has 0 saturated heterocycles. The number of carbonyl (C=O) groups excluding carboxylic acids is 1. The van der Waals surface area contributed by atoms with Crippen molar-refractivity contribution in [3.8, 4) is 0 Å². The number of hydrogen-bond donors (Lipinski definition) is 2. The molecule has 0 aromatic carbocycles. The Morgan fingerprint density at radius 3 is 1.24 bits per heavy atom. The van der Waals surface area contributed by atoms with Gasteiger partial charge in [0, 0.05) is 6.42 Å². The first-order valence-corrected chi connectivity index (χ1v) is 12.0. The zero-order chi connectivity index (χ0) is 21.5. The highest BCUT2D eigenvalue weighted by Crippen LogP contribution is 2.13. The highest BCUT2D eigenvalue weighted by molar-refractivity contribution is 7.81. The van der Waals surface area contributed by atoms with E-state index in [4.69, 9.17) is 5.26 Å². The molecule has 8 nitrogen and oxygen atoms in total. The van der Waals surface area contributed by atoms with Crippen LogP contribution in [0, 0.1) is 0 Å². The van der Waals surface area contributed by atoms with Gasteiger partial charge in [0.25, 0.3) is 0 Å². The molecule has 0 aromatic rings. The Labute approximate surface area is 178 Å². The highest BCUT2D eigenvalue weighted by Gasteiger charge is 2.01. The van der Waals surface area contributed by atoms with Gasteiger partial charge < -0.3 is 11.0 Å². The van der Waals surface area contributed by atoms with E-state index in [2.05, 4.69) is 20.2 Å². The maximum Gasteiger partial charge on any atom is 0.399 e. The van der Waals surface area contributed by atoms with Crippen molar-refractivity contribution in [2.24, 2.45) is 0 Å². The van der Waals surface area contributed by atoms with Gasteiger partial charge in [0.15, 0.2) is 0 Å². The molecule has 0 rings (SSSR count). The van der Waals surface area contributed by atoms with Crippen LogP contribution in [0.25, 0.3) is 0 Å². The van der Waals surface area contributed by atoms with E-state index in [-0.39, 0.29) is 6.15 Å². The fraction of sp³-hybridized carbons (Fsp3) is 0.950. The van der Waals surface area contributed by atoms with Crippen molar-refractivity contribution in [1.82, 2.24) is 6.15 Å². The molecular weight excluding hydrogens is 398 g/mol. The predicted octanol–water partition coefficient (Wildman–Crippen LogP) is 5.95. The van der Waals surface area contributed by atoms with E-state index < -0.39 is 16.4 Å². The summed E-state index contributed by atoms with van der Waals surface area (Å²) < 4.78 is 27.5. The fourth-order valence-electron chi connectivity index (χ4n) is 2.75. The average Bonchev–Trinajstić information content (AvgIpc) is 2.71. The molecule has 0 fully saturated rings. The quantitative estimate of drug-likeness (QED) is 0.151. The molecule has 29 heavy (non-hydrogen) atoms. The van der Waals surface area contributed by atoms with E-state index in [1.807, 2.05) is 0 Å². The van der Waals surface area contributed by atoms with Gasteiger partial charge in [-0.3, -0.25) is 8.37 Å². The summed E-state index contributed by atoms with van der Waals surface area (Å²) in [4.78, 5) is 14.3. The minimum atomic E-state index is -3.66. The zero-order valence-corrected chi connectivity index (χ0v) is 19.6. The lowest BCUT2D eigenvalue weighted by Crippen LogP contribution is -2.02. The highest BCUT2D eigenvalue weighted by atomic mass is 32.3. The summed E-state index contributed by atoms with van der Waals surface area (Å²) in [6, 6.07) is 0. The van der Waals surface area contributed by atoms with Crippen molar-refractivity contribution in [2.75, 3.05) is 14.2 Å². The number of unbranched alkanes of at least 4 members (excludes halogenated alkanes) is 14. The van der Waals surface area contributed by atoms with Crippen molar-refractivity contribution in [3.05, 3.63) is 0 Å². The van der Waals surface area contributed by atoms with Crippen LogP contribution in [-0.4, -0.2) is 33.9 Å². The second kappa shape index (κ2) is 25.3. The molecule has 0 atom stereocenters. The topological polar surface area (TPSA) is 134 Å². The van der Waals surface area contributed by atoms with Crippen LogP contribution in [0.5, 0.6) is 0 Å². The summed E-state index contributed by atoms with van der Waals surface area (Å²) in [7, 11) is -1.60. The monoisotopic (exact) mass is 443 g/mol. The zero-order valence-electron chi connectivity index (χ0n) is 18.8. The molecule has 9 heteroatoms. The Morgan fingerprint density at radius 2 is 1.00 bits per heavy atom. The van der Waals surface area contributed by atoms with Crippen LogP contribution >= 0.6 is 0 Å². The maximum absolute atomic E-state index is 10.7. The Morgan fingerprint density at radius 1 is 0.690 bits per heavy atom. The number of hydrogen-bond acceptors (Lipinski definition) is 8. The molecular formula is C20H45NO7S. The van der Waals surface area contributed by atoms with Crippen LogP contribution in [0.1, 0.15) is 110 Å². The molecule has 0 aliphatic heterocycles. The Hall–Kier alpha value is -0.740. The molecule has 0 bridgehead atoms. The Balaban J connectivity index is -0.000000721. The third-order valence-electron chi connectivity index (χ3n) is 4.49. The molecule has 0 aliphatic carbocycles. The Bertz CT molecular complexity index is 421. The lowest BCUT2D eigenvalue weighted by Gasteiger charge is -2.03. The third-order valence-corrected chi connectivity index (χ3v) is 5.31. The SMILES string of the molecule is CCCCCCCCCCCCCCCCCC(=O)OO.COS(=O)(=O)OC.N. The predicted molar refractivity (Wildman–Crippen MR) is 116 cm³/mol. The van der Waals surface area contributed by atoms with E-state index in [1.165, 1.54) is 83.5 Å². The lowest BCUT2D eigenvalue weighted by atomic mass is 10.0. The summed E-state index contributed by atoms with van der Waals surface area (Å²) in [5.74, 6) is -0.510. The van der Waals surface area contributed by atoms with E-state index in [0.29, 0.717) is 6.42 Å². The first kappa shape index (κ1) is 32.9. The summed E-state index contributed by atoms with van der Waals surface area (Å²) in [6.07, 6.45) is 20.0. The van der Waals surface area contributed by atoms with Gasteiger partial charge in [0.1, 0.15) is 0 Å². The minimum Gasteiger partial charge on any atom is -0.344 e. The maximum atomic E-state index is 10.7. The van der Waals surface area contributed by atoms with Gasteiger partial charge in [-0.15, -0.1) is 0 Å². The van der Waals surface area contributed by atoms with Crippen molar-refractivity contribution in [2.45, 2.75) is 110 Å². The lowest BCUT2D eigenvalue weighted by molar-refractivity contribution is -0.234. The summed E-state index contributed by atoms with van der Waals surface area (Å²) in [5, 5.41) is 8.10. The van der Waals surface area contributed by atoms with Gasteiger partial charge in [0.2, 0.25) is 0 Å². The summed E-state index contributed by atoms with van der Waals surface area (Å²) in [6.45, 7) is 2.27. The Kier molecular flexibility index (Phi) is 28.7. The molecule has 0 aliphatic rings. The smallest absolute Gasteiger partial charge is 0.344 e. The van der Waals surface area contributed by atoms with Gasteiger partial charge in [-0.05, 0) is 6.42 Å². The van der Waals surface area contributed by atoms with E-state index in [0.717, 1.165) is 27.1 Å².